The van der Waals surface area contributed by atoms with Crippen molar-refractivity contribution >= 4 is 29.7 Å². The Morgan fingerprint density at radius 2 is 1.70 bits per heavy atom. The van der Waals surface area contributed by atoms with Crippen LogP contribution in [0.3, 0.4) is 0 Å². The molecule has 1 aliphatic carbocycles. The van der Waals surface area contributed by atoms with Crippen molar-refractivity contribution in [1.29, 1.82) is 0 Å². The highest BCUT2D eigenvalue weighted by Crippen LogP contribution is 2.29. The van der Waals surface area contributed by atoms with Crippen molar-refractivity contribution in [2.75, 3.05) is 13.7 Å². The first kappa shape index (κ1) is 20.1. The monoisotopic (exact) mass is 413 g/mol. The molecule has 9 heteroatoms. The Hall–Kier alpha value is -3.23. The predicted octanol–water partition coefficient (Wildman–Crippen LogP) is 0.846. The van der Waals surface area contributed by atoms with E-state index in [2.05, 4.69) is 0 Å². The first-order valence-electron chi connectivity index (χ1n) is 10.1. The van der Waals surface area contributed by atoms with E-state index in [0.717, 1.165) is 28.9 Å². The fourth-order valence-electron chi connectivity index (χ4n) is 4.50. The summed E-state index contributed by atoms with van der Waals surface area (Å²) in [5, 5.41) is 0. The SMILES string of the molecule is COC(=O)[C@H]1Cc2ccccc2CN1C(=O)CN1C(=O)C(=O)N(C2CCCC2)C1=O. The number of methoxy groups -OCH3 is 1. The summed E-state index contributed by atoms with van der Waals surface area (Å²) >= 11 is 0. The van der Waals surface area contributed by atoms with Crippen LogP contribution in [-0.4, -0.2) is 70.2 Å². The molecular weight excluding hydrogens is 390 g/mol. The fraction of sp³-hybridized carbons (Fsp3) is 0.476. The molecule has 1 saturated heterocycles. The zero-order valence-corrected chi connectivity index (χ0v) is 16.7. The summed E-state index contributed by atoms with van der Waals surface area (Å²) in [6.45, 7) is -0.423. The number of fused-ring (bicyclic) bond motifs is 1. The van der Waals surface area contributed by atoms with Gasteiger partial charge in [0.2, 0.25) is 5.91 Å². The molecule has 1 atom stereocenters. The number of benzene rings is 1. The third-order valence-electron chi connectivity index (χ3n) is 6.11. The van der Waals surface area contributed by atoms with Crippen LogP contribution in [0.25, 0.3) is 0 Å². The largest absolute Gasteiger partial charge is 0.467 e. The quantitative estimate of drug-likeness (QED) is 0.412. The van der Waals surface area contributed by atoms with Gasteiger partial charge in [0.05, 0.1) is 7.11 Å². The molecule has 30 heavy (non-hydrogen) atoms. The van der Waals surface area contributed by atoms with Crippen molar-refractivity contribution in [1.82, 2.24) is 14.7 Å². The number of amides is 5. The van der Waals surface area contributed by atoms with Crippen LogP contribution in [-0.2, 0) is 36.9 Å². The van der Waals surface area contributed by atoms with Gasteiger partial charge in [-0.05, 0) is 24.0 Å². The molecule has 1 saturated carbocycles. The molecule has 9 nitrogen and oxygen atoms in total. The van der Waals surface area contributed by atoms with Gasteiger partial charge in [0, 0.05) is 19.0 Å². The van der Waals surface area contributed by atoms with Crippen molar-refractivity contribution in [3.63, 3.8) is 0 Å². The van der Waals surface area contributed by atoms with Crippen LogP contribution < -0.4 is 0 Å². The Bertz CT molecular complexity index is 923. The van der Waals surface area contributed by atoms with Crippen molar-refractivity contribution < 1.29 is 28.7 Å². The highest BCUT2D eigenvalue weighted by atomic mass is 16.5. The average Bonchev–Trinajstić information content (AvgIpc) is 3.35. The minimum absolute atomic E-state index is 0.158. The molecule has 5 amide bonds. The van der Waals surface area contributed by atoms with Crippen LogP contribution in [0.4, 0.5) is 4.79 Å². The fourth-order valence-corrected chi connectivity index (χ4v) is 4.50. The van der Waals surface area contributed by atoms with E-state index in [1.807, 2.05) is 24.3 Å². The number of urea groups is 1. The lowest BCUT2D eigenvalue weighted by atomic mass is 9.94. The standard InChI is InChI=1S/C21H23N3O6/c1-30-20(28)16-10-13-6-2-3-7-14(13)11-22(16)17(25)12-23-18(26)19(27)24(21(23)29)15-8-4-5-9-15/h2-3,6-7,15-16H,4-5,8-12H2,1H3/t16-/m1/s1. The van der Waals surface area contributed by atoms with E-state index < -0.39 is 42.3 Å². The lowest BCUT2D eigenvalue weighted by Crippen LogP contribution is -2.52. The Balaban J connectivity index is 1.54. The van der Waals surface area contributed by atoms with Crippen LogP contribution in [0.2, 0.25) is 0 Å². The Morgan fingerprint density at radius 1 is 1.03 bits per heavy atom. The van der Waals surface area contributed by atoms with E-state index in [1.165, 1.54) is 12.0 Å². The van der Waals surface area contributed by atoms with Gasteiger partial charge < -0.3 is 9.64 Å². The summed E-state index contributed by atoms with van der Waals surface area (Å²) in [6, 6.07) is 5.54. The maximum absolute atomic E-state index is 13.1. The molecule has 2 fully saturated rings. The van der Waals surface area contributed by atoms with Gasteiger partial charge in [-0.3, -0.25) is 19.3 Å². The zero-order valence-electron chi connectivity index (χ0n) is 16.7. The number of rotatable bonds is 4. The minimum Gasteiger partial charge on any atom is -0.467 e. The number of hydrogen-bond acceptors (Lipinski definition) is 6. The molecule has 4 rings (SSSR count). The molecule has 0 spiro atoms. The smallest absolute Gasteiger partial charge is 0.334 e. The van der Waals surface area contributed by atoms with Gasteiger partial charge >= 0.3 is 23.8 Å². The van der Waals surface area contributed by atoms with Crippen molar-refractivity contribution in [3.8, 4) is 0 Å². The van der Waals surface area contributed by atoms with Crippen molar-refractivity contribution in [2.24, 2.45) is 0 Å². The maximum atomic E-state index is 13.1. The van der Waals surface area contributed by atoms with Gasteiger partial charge in [-0.1, -0.05) is 37.1 Å². The Labute approximate surface area is 173 Å². The normalized spacial score (nSPS) is 22.0. The highest BCUT2D eigenvalue weighted by molar-refractivity contribution is 6.45. The molecule has 0 bridgehead atoms. The van der Waals surface area contributed by atoms with E-state index in [9.17, 15) is 24.0 Å². The molecule has 2 heterocycles. The number of ether oxygens (including phenoxy) is 1. The summed E-state index contributed by atoms with van der Waals surface area (Å²) in [4.78, 5) is 65.9. The maximum Gasteiger partial charge on any atom is 0.334 e. The second kappa shape index (κ2) is 7.89. The predicted molar refractivity (Wildman–Crippen MR) is 103 cm³/mol. The molecular formula is C21H23N3O6. The summed E-state index contributed by atoms with van der Waals surface area (Å²) in [7, 11) is 1.25. The highest BCUT2D eigenvalue weighted by Gasteiger charge is 2.49. The first-order chi connectivity index (χ1) is 14.4. The minimum atomic E-state index is -0.993. The molecule has 158 valence electrons. The van der Waals surface area contributed by atoms with Gasteiger partial charge in [0.25, 0.3) is 0 Å². The van der Waals surface area contributed by atoms with Crippen molar-refractivity contribution in [2.45, 2.75) is 50.7 Å². The average molecular weight is 413 g/mol. The summed E-state index contributed by atoms with van der Waals surface area (Å²) in [5.41, 5.74) is 1.82. The Morgan fingerprint density at radius 3 is 2.37 bits per heavy atom. The number of imide groups is 2. The van der Waals surface area contributed by atoms with Gasteiger partial charge in [0.15, 0.2) is 0 Å². The number of esters is 1. The number of nitrogens with zero attached hydrogens (tertiary/aromatic N) is 3. The molecule has 3 aliphatic rings. The van der Waals surface area contributed by atoms with E-state index >= 15 is 0 Å². The van der Waals surface area contributed by atoms with Crippen LogP contribution in [0.5, 0.6) is 0 Å². The summed E-state index contributed by atoms with van der Waals surface area (Å²) < 4.78 is 4.86. The van der Waals surface area contributed by atoms with Crippen molar-refractivity contribution in [3.05, 3.63) is 35.4 Å². The van der Waals surface area contributed by atoms with E-state index in [-0.39, 0.29) is 19.0 Å². The van der Waals surface area contributed by atoms with Crippen LogP contribution >= 0.6 is 0 Å². The number of carbonyl (C=O) groups is 5. The van der Waals surface area contributed by atoms with Gasteiger partial charge in [-0.25, -0.2) is 14.5 Å². The van der Waals surface area contributed by atoms with Crippen LogP contribution in [0.15, 0.2) is 24.3 Å². The molecule has 1 aromatic rings. The third-order valence-corrected chi connectivity index (χ3v) is 6.11. The van der Waals surface area contributed by atoms with Gasteiger partial charge in [-0.2, -0.15) is 0 Å². The Kier molecular flexibility index (Phi) is 5.27. The summed E-state index contributed by atoms with van der Waals surface area (Å²) in [5.74, 6) is -3.02. The third kappa shape index (κ3) is 3.34. The summed E-state index contributed by atoms with van der Waals surface area (Å²) in [6.07, 6.45) is 3.40. The molecule has 0 radical (unpaired) electrons. The van der Waals surface area contributed by atoms with E-state index in [0.29, 0.717) is 17.7 Å². The van der Waals surface area contributed by atoms with Crippen LogP contribution in [0.1, 0.15) is 36.8 Å². The second-order valence-corrected chi connectivity index (χ2v) is 7.82. The van der Waals surface area contributed by atoms with Crippen LogP contribution in [0, 0.1) is 0 Å². The zero-order chi connectivity index (χ0) is 21.4. The van der Waals surface area contributed by atoms with Gasteiger partial charge in [-0.15, -0.1) is 0 Å². The topological polar surface area (TPSA) is 104 Å². The number of hydrogen-bond donors (Lipinski definition) is 0. The molecule has 0 unspecified atom stereocenters. The van der Waals surface area contributed by atoms with Gasteiger partial charge in [0.1, 0.15) is 12.6 Å². The van der Waals surface area contributed by atoms with E-state index in [4.69, 9.17) is 4.74 Å². The second-order valence-electron chi connectivity index (χ2n) is 7.82. The molecule has 0 aromatic heterocycles. The molecule has 0 N–H and O–H groups in total. The lowest BCUT2D eigenvalue weighted by Gasteiger charge is -2.35. The lowest BCUT2D eigenvalue weighted by molar-refractivity contribution is -0.154. The number of carbonyl (C=O) groups excluding carboxylic acids is 5. The first-order valence-corrected chi connectivity index (χ1v) is 10.1. The molecule has 1 aromatic carbocycles. The van der Waals surface area contributed by atoms with E-state index in [1.54, 1.807) is 0 Å². The molecule has 2 aliphatic heterocycles.